The molecule has 0 aliphatic heterocycles. The van der Waals surface area contributed by atoms with Gasteiger partial charge in [0.15, 0.2) is 0 Å². The summed E-state index contributed by atoms with van der Waals surface area (Å²) >= 11 is 9.28. The van der Waals surface area contributed by atoms with E-state index in [1.54, 1.807) is 6.07 Å². The smallest absolute Gasteiger partial charge is 0.251 e. The van der Waals surface area contributed by atoms with Crippen LogP contribution < -0.4 is 5.32 Å². The van der Waals surface area contributed by atoms with Crippen LogP contribution in [0.2, 0.25) is 5.02 Å². The minimum Gasteiger partial charge on any atom is -0.351 e. The van der Waals surface area contributed by atoms with Crippen LogP contribution in [0.5, 0.6) is 0 Å². The van der Waals surface area contributed by atoms with Gasteiger partial charge < -0.3 is 5.32 Å². The number of benzene rings is 2. The van der Waals surface area contributed by atoms with E-state index in [1.807, 2.05) is 42.5 Å². The van der Waals surface area contributed by atoms with Crippen LogP contribution in [-0.2, 0) is 5.41 Å². The Kier molecular flexibility index (Phi) is 5.07. The Bertz CT molecular complexity index is 637. The monoisotopic (exact) mass is 365 g/mol. The van der Waals surface area contributed by atoms with Gasteiger partial charge in [0.25, 0.3) is 5.91 Å². The van der Waals surface area contributed by atoms with Gasteiger partial charge in [-0.05, 0) is 35.9 Å². The lowest BCUT2D eigenvalue weighted by molar-refractivity contribution is 0.0945. The molecule has 2 nitrogen and oxygen atoms in total. The van der Waals surface area contributed by atoms with Crippen LogP contribution in [0.3, 0.4) is 0 Å². The Morgan fingerprint density at radius 2 is 1.86 bits per heavy atom. The van der Waals surface area contributed by atoms with Crippen LogP contribution in [0.1, 0.15) is 29.8 Å². The van der Waals surface area contributed by atoms with Crippen molar-refractivity contribution in [2.24, 2.45) is 0 Å². The molecular formula is C17H17BrClNO. The van der Waals surface area contributed by atoms with Gasteiger partial charge in [-0.25, -0.2) is 0 Å². The van der Waals surface area contributed by atoms with Crippen LogP contribution in [0.15, 0.2) is 53.0 Å². The third kappa shape index (κ3) is 4.32. The maximum Gasteiger partial charge on any atom is 0.251 e. The first-order valence-electron chi connectivity index (χ1n) is 6.68. The second-order valence-electron chi connectivity index (χ2n) is 5.58. The highest BCUT2D eigenvalue weighted by molar-refractivity contribution is 9.10. The molecule has 0 radical (unpaired) electrons. The average Bonchev–Trinajstić information content (AvgIpc) is 2.45. The van der Waals surface area contributed by atoms with Gasteiger partial charge in [-0.2, -0.15) is 0 Å². The quantitative estimate of drug-likeness (QED) is 0.826. The van der Waals surface area contributed by atoms with Crippen LogP contribution in [0, 0.1) is 0 Å². The molecule has 0 atom stereocenters. The highest BCUT2D eigenvalue weighted by Gasteiger charge is 2.21. The number of nitrogens with one attached hydrogen (secondary N) is 1. The molecule has 0 spiro atoms. The first kappa shape index (κ1) is 16.1. The summed E-state index contributed by atoms with van der Waals surface area (Å²) in [5, 5.41) is 3.70. The Labute approximate surface area is 138 Å². The predicted octanol–water partition coefficient (Wildman–Crippen LogP) is 4.81. The lowest BCUT2D eigenvalue weighted by Gasteiger charge is -2.25. The fraction of sp³-hybridized carbons (Fsp3) is 0.235. The van der Waals surface area contributed by atoms with Crippen molar-refractivity contribution in [2.45, 2.75) is 19.3 Å². The number of hydrogen-bond donors (Lipinski definition) is 1. The predicted molar refractivity (Wildman–Crippen MR) is 91.0 cm³/mol. The Morgan fingerprint density at radius 3 is 2.48 bits per heavy atom. The van der Waals surface area contributed by atoms with Gasteiger partial charge in [-0.3, -0.25) is 4.79 Å². The lowest BCUT2D eigenvalue weighted by Crippen LogP contribution is -2.36. The van der Waals surface area contributed by atoms with Crippen LogP contribution in [-0.4, -0.2) is 12.5 Å². The lowest BCUT2D eigenvalue weighted by atomic mass is 9.84. The summed E-state index contributed by atoms with van der Waals surface area (Å²) in [5.41, 5.74) is 1.63. The van der Waals surface area contributed by atoms with Gasteiger partial charge in [-0.1, -0.05) is 59.6 Å². The van der Waals surface area contributed by atoms with E-state index in [9.17, 15) is 4.79 Å². The summed E-state index contributed by atoms with van der Waals surface area (Å²) in [6.07, 6.45) is 0. The van der Waals surface area contributed by atoms with E-state index >= 15 is 0 Å². The summed E-state index contributed by atoms with van der Waals surface area (Å²) < 4.78 is 0.895. The molecule has 0 bridgehead atoms. The van der Waals surface area contributed by atoms with Gasteiger partial charge in [0.05, 0.1) is 0 Å². The largest absolute Gasteiger partial charge is 0.351 e. The molecule has 0 aliphatic carbocycles. The molecule has 110 valence electrons. The van der Waals surface area contributed by atoms with Crippen molar-refractivity contribution < 1.29 is 4.79 Å². The van der Waals surface area contributed by atoms with Crippen molar-refractivity contribution in [3.8, 4) is 0 Å². The molecule has 0 heterocycles. The summed E-state index contributed by atoms with van der Waals surface area (Å²) in [4.78, 5) is 12.2. The SMILES string of the molecule is CC(C)(CNC(=O)c1cccc(Br)c1)c1ccc(Cl)cc1. The standard InChI is InChI=1S/C17H17BrClNO/c1-17(2,13-6-8-15(19)9-7-13)11-20-16(21)12-4-3-5-14(18)10-12/h3-10H,11H2,1-2H3,(H,20,21). The van der Waals surface area contributed by atoms with Crippen molar-refractivity contribution in [1.29, 1.82) is 0 Å². The molecular weight excluding hydrogens is 350 g/mol. The van der Waals surface area contributed by atoms with Gasteiger partial charge in [-0.15, -0.1) is 0 Å². The topological polar surface area (TPSA) is 29.1 Å². The van der Waals surface area contributed by atoms with Crippen molar-refractivity contribution >= 4 is 33.4 Å². The minimum absolute atomic E-state index is 0.0710. The maximum atomic E-state index is 12.2. The summed E-state index contributed by atoms with van der Waals surface area (Å²) in [7, 11) is 0. The molecule has 0 saturated heterocycles. The summed E-state index contributed by atoms with van der Waals surface area (Å²) in [5.74, 6) is -0.0710. The molecule has 2 aromatic rings. The van der Waals surface area contributed by atoms with Crippen molar-refractivity contribution in [2.75, 3.05) is 6.54 Å². The highest BCUT2D eigenvalue weighted by atomic mass is 79.9. The first-order chi connectivity index (χ1) is 9.88. The van der Waals surface area contributed by atoms with Gasteiger partial charge in [0, 0.05) is 27.0 Å². The summed E-state index contributed by atoms with van der Waals surface area (Å²) in [6, 6.07) is 15.1. The zero-order valence-electron chi connectivity index (χ0n) is 12.0. The number of carbonyl (C=O) groups is 1. The number of carbonyl (C=O) groups excluding carboxylic acids is 1. The van der Waals surface area contributed by atoms with Crippen molar-refractivity contribution in [3.63, 3.8) is 0 Å². The number of hydrogen-bond acceptors (Lipinski definition) is 1. The third-order valence-electron chi connectivity index (χ3n) is 3.40. The Hall–Kier alpha value is -1.32. The minimum atomic E-state index is -0.160. The van der Waals surface area contributed by atoms with E-state index < -0.39 is 0 Å². The Balaban J connectivity index is 2.04. The maximum absolute atomic E-state index is 12.2. The molecule has 0 aliphatic rings. The zero-order valence-corrected chi connectivity index (χ0v) is 14.3. The number of rotatable bonds is 4. The van der Waals surface area contributed by atoms with E-state index in [0.29, 0.717) is 17.1 Å². The van der Waals surface area contributed by atoms with Gasteiger partial charge in [0.1, 0.15) is 0 Å². The van der Waals surface area contributed by atoms with Crippen molar-refractivity contribution in [3.05, 3.63) is 69.2 Å². The molecule has 0 aromatic heterocycles. The summed E-state index contributed by atoms with van der Waals surface area (Å²) in [6.45, 7) is 4.74. The average molecular weight is 367 g/mol. The molecule has 2 rings (SSSR count). The van der Waals surface area contributed by atoms with Crippen LogP contribution in [0.25, 0.3) is 0 Å². The molecule has 0 unspecified atom stereocenters. The van der Waals surface area contributed by atoms with Crippen molar-refractivity contribution in [1.82, 2.24) is 5.32 Å². The Morgan fingerprint density at radius 1 is 1.19 bits per heavy atom. The second kappa shape index (κ2) is 6.63. The molecule has 2 aromatic carbocycles. The molecule has 0 saturated carbocycles. The highest BCUT2D eigenvalue weighted by Crippen LogP contribution is 2.24. The van der Waals surface area contributed by atoms with E-state index in [0.717, 1.165) is 10.0 Å². The van der Waals surface area contributed by atoms with E-state index in [2.05, 4.69) is 35.1 Å². The second-order valence-corrected chi connectivity index (χ2v) is 6.94. The molecule has 1 N–H and O–H groups in total. The normalized spacial score (nSPS) is 11.2. The first-order valence-corrected chi connectivity index (χ1v) is 7.85. The number of halogens is 2. The molecule has 1 amide bonds. The third-order valence-corrected chi connectivity index (χ3v) is 4.15. The van der Waals surface area contributed by atoms with E-state index in [4.69, 9.17) is 11.6 Å². The van der Waals surface area contributed by atoms with E-state index in [1.165, 1.54) is 0 Å². The molecule has 21 heavy (non-hydrogen) atoms. The van der Waals surface area contributed by atoms with E-state index in [-0.39, 0.29) is 11.3 Å². The zero-order chi connectivity index (χ0) is 15.5. The number of amides is 1. The fourth-order valence-electron chi connectivity index (χ4n) is 2.04. The van der Waals surface area contributed by atoms with Crippen LogP contribution >= 0.6 is 27.5 Å². The fourth-order valence-corrected chi connectivity index (χ4v) is 2.56. The van der Waals surface area contributed by atoms with Gasteiger partial charge in [0.2, 0.25) is 0 Å². The van der Waals surface area contributed by atoms with Crippen LogP contribution in [0.4, 0.5) is 0 Å². The van der Waals surface area contributed by atoms with Gasteiger partial charge >= 0.3 is 0 Å². The molecule has 0 fully saturated rings. The molecule has 4 heteroatoms.